The molecule has 0 spiro atoms. The molecule has 0 amide bonds. The zero-order chi connectivity index (χ0) is 24.7. The largest absolute Gasteiger partial charge is 0.493 e. The Morgan fingerprint density at radius 1 is 1.06 bits per heavy atom. The van der Waals surface area contributed by atoms with Crippen molar-refractivity contribution >= 4 is 27.6 Å². The molecule has 178 valence electrons. The molecule has 0 bridgehead atoms. The first-order chi connectivity index (χ1) is 16.9. The molecule has 0 fully saturated rings. The first kappa shape index (κ1) is 22.7. The Morgan fingerprint density at radius 2 is 1.83 bits per heavy atom. The molecule has 5 rings (SSSR count). The van der Waals surface area contributed by atoms with Gasteiger partial charge in [-0.2, -0.15) is 5.10 Å². The highest BCUT2D eigenvalue weighted by Gasteiger charge is 2.24. The van der Waals surface area contributed by atoms with E-state index in [4.69, 9.17) is 4.74 Å². The summed E-state index contributed by atoms with van der Waals surface area (Å²) < 4.78 is 22.9. The van der Waals surface area contributed by atoms with Crippen LogP contribution in [0.5, 0.6) is 5.75 Å². The fourth-order valence-electron chi connectivity index (χ4n) is 4.87. The molecular weight excluding hydrogens is 445 g/mol. The van der Waals surface area contributed by atoms with Crippen LogP contribution in [0.15, 0.2) is 54.6 Å². The van der Waals surface area contributed by atoms with Crippen LogP contribution >= 0.6 is 0 Å². The van der Waals surface area contributed by atoms with Gasteiger partial charge in [0.2, 0.25) is 0 Å². The van der Waals surface area contributed by atoms with Crippen LogP contribution < -0.4 is 4.74 Å². The van der Waals surface area contributed by atoms with Gasteiger partial charge in [-0.25, -0.2) is 9.18 Å². The number of H-pyrrole nitrogens is 1. The number of aromatic nitrogens is 3. The number of ether oxygens (including phenoxy) is 1. The minimum Gasteiger partial charge on any atom is -0.493 e. The molecule has 0 atom stereocenters. The maximum absolute atomic E-state index is 15.1. The second-order valence-electron chi connectivity index (χ2n) is 8.73. The summed E-state index contributed by atoms with van der Waals surface area (Å²) in [6.45, 7) is 4.13. The zero-order valence-electron chi connectivity index (χ0n) is 19.9. The van der Waals surface area contributed by atoms with Gasteiger partial charge in [0.05, 0.1) is 17.8 Å². The summed E-state index contributed by atoms with van der Waals surface area (Å²) in [5, 5.41) is 17.1. The number of hydrogen-bond donors (Lipinski definition) is 2. The van der Waals surface area contributed by atoms with E-state index in [9.17, 15) is 9.90 Å². The van der Waals surface area contributed by atoms with Crippen molar-refractivity contribution in [1.29, 1.82) is 0 Å². The number of carboxylic acids is 1. The van der Waals surface area contributed by atoms with Crippen LogP contribution in [0, 0.1) is 19.7 Å². The van der Waals surface area contributed by atoms with Gasteiger partial charge < -0.3 is 14.8 Å². The van der Waals surface area contributed by atoms with Gasteiger partial charge in [-0.3, -0.25) is 4.68 Å². The predicted octanol–water partition coefficient (Wildman–Crippen LogP) is 6.19. The lowest BCUT2D eigenvalue weighted by Gasteiger charge is -2.10. The lowest BCUT2D eigenvalue weighted by Crippen LogP contribution is -2.04. The van der Waals surface area contributed by atoms with Gasteiger partial charge in [0.25, 0.3) is 0 Å². The second-order valence-corrected chi connectivity index (χ2v) is 8.73. The average Bonchev–Trinajstić information content (AvgIpc) is 3.33. The normalized spacial score (nSPS) is 11.4. The Bertz CT molecular complexity index is 1580. The topological polar surface area (TPSA) is 80.1 Å². The van der Waals surface area contributed by atoms with E-state index in [2.05, 4.69) is 10.1 Å². The van der Waals surface area contributed by atoms with Gasteiger partial charge in [-0.05, 0) is 55.8 Å². The summed E-state index contributed by atoms with van der Waals surface area (Å²) in [5.41, 5.74) is 3.74. The molecule has 0 radical (unpaired) electrons. The van der Waals surface area contributed by atoms with E-state index in [1.54, 1.807) is 10.7 Å². The number of nitrogens with zero attached hydrogens (tertiary/aromatic N) is 2. The molecule has 0 aliphatic carbocycles. The number of aromatic amines is 1. The van der Waals surface area contributed by atoms with Gasteiger partial charge in [0, 0.05) is 34.6 Å². The van der Waals surface area contributed by atoms with Crippen molar-refractivity contribution in [3.8, 4) is 16.9 Å². The minimum absolute atomic E-state index is 0.0798. The van der Waals surface area contributed by atoms with Crippen LogP contribution in [0.25, 0.3) is 32.8 Å². The van der Waals surface area contributed by atoms with Crippen molar-refractivity contribution in [3.63, 3.8) is 0 Å². The van der Waals surface area contributed by atoms with E-state index < -0.39 is 11.8 Å². The van der Waals surface area contributed by atoms with Crippen molar-refractivity contribution in [2.75, 3.05) is 6.61 Å². The number of fused-ring (bicyclic) bond motifs is 2. The smallest absolute Gasteiger partial charge is 0.352 e. The van der Waals surface area contributed by atoms with Crippen LogP contribution in [0.3, 0.4) is 0 Å². The maximum Gasteiger partial charge on any atom is 0.352 e. The van der Waals surface area contributed by atoms with E-state index in [-0.39, 0.29) is 5.69 Å². The summed E-state index contributed by atoms with van der Waals surface area (Å²) in [6, 6.07) is 17.0. The van der Waals surface area contributed by atoms with E-state index in [0.29, 0.717) is 52.7 Å². The van der Waals surface area contributed by atoms with Gasteiger partial charge >= 0.3 is 5.97 Å². The highest BCUT2D eigenvalue weighted by molar-refractivity contribution is 6.03. The van der Waals surface area contributed by atoms with Crippen LogP contribution in [0.2, 0.25) is 0 Å². The third kappa shape index (κ3) is 3.93. The summed E-state index contributed by atoms with van der Waals surface area (Å²) in [4.78, 5) is 15.1. The highest BCUT2D eigenvalue weighted by Crippen LogP contribution is 2.37. The summed E-state index contributed by atoms with van der Waals surface area (Å²) in [6.07, 6.45) is 1.08. The van der Waals surface area contributed by atoms with Crippen molar-refractivity contribution in [2.45, 2.75) is 26.7 Å². The first-order valence-electron chi connectivity index (χ1n) is 11.5. The Balaban J connectivity index is 1.47. The molecule has 6 nitrogen and oxygen atoms in total. The van der Waals surface area contributed by atoms with Crippen molar-refractivity contribution in [3.05, 3.63) is 83.1 Å². The molecular formula is C28H26FN3O3. The number of carbonyl (C=O) groups is 1. The maximum atomic E-state index is 15.1. The van der Waals surface area contributed by atoms with Crippen molar-refractivity contribution < 1.29 is 19.0 Å². The predicted molar refractivity (Wildman–Crippen MR) is 135 cm³/mol. The fraction of sp³-hybridized carbons (Fsp3) is 0.214. The summed E-state index contributed by atoms with van der Waals surface area (Å²) in [7, 11) is 1.81. The summed E-state index contributed by atoms with van der Waals surface area (Å²) >= 11 is 0. The van der Waals surface area contributed by atoms with E-state index in [1.165, 1.54) is 6.07 Å². The molecule has 0 aliphatic heterocycles. The number of aromatic carboxylic acids is 1. The Kier molecular flexibility index (Phi) is 5.76. The third-order valence-corrected chi connectivity index (χ3v) is 6.58. The van der Waals surface area contributed by atoms with Gasteiger partial charge in [-0.1, -0.05) is 36.4 Å². The van der Waals surface area contributed by atoms with Crippen LogP contribution in [0.1, 0.15) is 33.9 Å². The molecule has 0 saturated carbocycles. The van der Waals surface area contributed by atoms with E-state index in [0.717, 1.165) is 22.2 Å². The molecule has 35 heavy (non-hydrogen) atoms. The number of hydrogen-bond acceptors (Lipinski definition) is 3. The monoisotopic (exact) mass is 471 g/mol. The Morgan fingerprint density at radius 3 is 2.57 bits per heavy atom. The SMILES string of the molecule is Cc1nn(C)c(C)c1-c1c(F)ccc2c(CCCOc3cccc4ccccc34)c(C(=O)O)[nH]c12. The Hall–Kier alpha value is -4.13. The van der Waals surface area contributed by atoms with Crippen LogP contribution in [-0.2, 0) is 13.5 Å². The lowest BCUT2D eigenvalue weighted by molar-refractivity contribution is 0.0690. The number of halogens is 1. The molecule has 0 unspecified atom stereocenters. The molecule has 5 aromatic rings. The van der Waals surface area contributed by atoms with Crippen LogP contribution in [0.4, 0.5) is 4.39 Å². The van der Waals surface area contributed by atoms with E-state index in [1.807, 2.05) is 63.4 Å². The average molecular weight is 472 g/mol. The van der Waals surface area contributed by atoms with E-state index >= 15 is 4.39 Å². The molecule has 2 aromatic heterocycles. The second kappa shape index (κ2) is 8.91. The zero-order valence-corrected chi connectivity index (χ0v) is 19.9. The number of carboxylic acid groups (broad SMARTS) is 1. The van der Waals surface area contributed by atoms with Gasteiger partial charge in [-0.15, -0.1) is 0 Å². The van der Waals surface area contributed by atoms with Gasteiger partial charge in [0.15, 0.2) is 0 Å². The Labute approximate surface area is 202 Å². The molecule has 3 aromatic carbocycles. The molecule has 2 heterocycles. The van der Waals surface area contributed by atoms with Gasteiger partial charge in [0.1, 0.15) is 17.3 Å². The van der Waals surface area contributed by atoms with Crippen molar-refractivity contribution in [1.82, 2.24) is 14.8 Å². The molecule has 0 saturated heterocycles. The van der Waals surface area contributed by atoms with Crippen molar-refractivity contribution in [2.24, 2.45) is 7.05 Å². The molecule has 7 heteroatoms. The highest BCUT2D eigenvalue weighted by atomic mass is 19.1. The number of aryl methyl sites for hydroxylation is 3. The molecule has 0 aliphatic rings. The summed E-state index contributed by atoms with van der Waals surface area (Å²) in [5.74, 6) is -0.690. The number of benzene rings is 3. The first-order valence-corrected chi connectivity index (χ1v) is 11.5. The van der Waals surface area contributed by atoms with Crippen LogP contribution in [-0.4, -0.2) is 32.4 Å². The third-order valence-electron chi connectivity index (χ3n) is 6.58. The lowest BCUT2D eigenvalue weighted by atomic mass is 9.98. The molecule has 2 N–H and O–H groups in total. The standard InChI is InChI=1S/C28H26FN3O3/c1-16-24(17(2)32(3)31-16)25-22(29)14-13-21-20(27(28(33)34)30-26(21)25)11-7-15-35-23-12-6-9-18-8-4-5-10-19(18)23/h4-6,8-10,12-14,30H,7,11,15H2,1-3H3,(H,33,34). The minimum atomic E-state index is -1.07. The quantitative estimate of drug-likeness (QED) is 0.278. The number of nitrogens with one attached hydrogen (secondary N) is 1. The number of rotatable bonds is 7. The fourth-order valence-corrected chi connectivity index (χ4v) is 4.87.